The molecule has 2 atom stereocenters. The third-order valence-electron chi connectivity index (χ3n) is 4.17. The molecule has 0 spiro atoms. The molecule has 2 saturated carbocycles. The molecule has 0 radical (unpaired) electrons. The highest BCUT2D eigenvalue weighted by Gasteiger charge is 2.33. The molecule has 76 valence electrons. The lowest BCUT2D eigenvalue weighted by Gasteiger charge is -2.27. The zero-order valence-electron chi connectivity index (χ0n) is 8.89. The largest absolute Gasteiger partial charge is 0.328 e. The Morgan fingerprint density at radius 2 is 1.92 bits per heavy atom. The van der Waals surface area contributed by atoms with Gasteiger partial charge in [0.1, 0.15) is 0 Å². The molecule has 1 nitrogen and oxygen atoms in total. The van der Waals surface area contributed by atoms with Crippen molar-refractivity contribution in [3.63, 3.8) is 0 Å². The molecule has 0 aliphatic heterocycles. The van der Waals surface area contributed by atoms with E-state index in [1.807, 2.05) is 0 Å². The van der Waals surface area contributed by atoms with Crippen molar-refractivity contribution >= 4 is 0 Å². The fourth-order valence-electron chi connectivity index (χ4n) is 3.43. The summed E-state index contributed by atoms with van der Waals surface area (Å²) in [4.78, 5) is 0. The molecule has 0 heterocycles. The second kappa shape index (κ2) is 3.61. The van der Waals surface area contributed by atoms with E-state index in [1.54, 1.807) is 0 Å². The molecule has 2 N–H and O–H groups in total. The van der Waals surface area contributed by atoms with Crippen LogP contribution in [0.5, 0.6) is 0 Å². The molecule has 0 aromatic rings. The van der Waals surface area contributed by atoms with Gasteiger partial charge in [-0.2, -0.15) is 0 Å². The average Bonchev–Trinajstić information content (AvgIpc) is 2.62. The van der Waals surface area contributed by atoms with Crippen LogP contribution in [0.25, 0.3) is 0 Å². The maximum Gasteiger partial charge on any atom is 0.00415 e. The summed E-state index contributed by atoms with van der Waals surface area (Å²) in [7, 11) is 0. The van der Waals surface area contributed by atoms with Crippen LogP contribution in [0.2, 0.25) is 0 Å². The first kappa shape index (κ1) is 9.51. The topological polar surface area (TPSA) is 26.0 Å². The van der Waals surface area contributed by atoms with Crippen molar-refractivity contribution in [2.75, 3.05) is 0 Å². The van der Waals surface area contributed by atoms with Gasteiger partial charge in [-0.05, 0) is 49.9 Å². The highest BCUT2D eigenvalue weighted by molar-refractivity contribution is 4.87. The Bertz CT molecular complexity index is 170. The van der Waals surface area contributed by atoms with Gasteiger partial charge in [-0.1, -0.05) is 19.8 Å². The summed E-state index contributed by atoms with van der Waals surface area (Å²) in [6.45, 7) is 2.49. The smallest absolute Gasteiger partial charge is 0.00415 e. The van der Waals surface area contributed by atoms with Crippen molar-refractivity contribution < 1.29 is 0 Å². The van der Waals surface area contributed by atoms with Crippen molar-refractivity contribution in [2.24, 2.45) is 17.1 Å². The molecule has 2 rings (SSSR count). The number of hydrogen-bond acceptors (Lipinski definition) is 1. The minimum atomic E-state index is 0.523. The van der Waals surface area contributed by atoms with Crippen LogP contribution in [0, 0.1) is 11.3 Å². The molecule has 0 saturated heterocycles. The number of hydrogen-bond donors (Lipinski definition) is 1. The molecule has 0 aromatic carbocycles. The normalized spacial score (nSPS) is 38.3. The number of nitrogens with two attached hydrogens (primary N) is 1. The van der Waals surface area contributed by atoms with Crippen molar-refractivity contribution in [1.82, 2.24) is 0 Å². The SMILES string of the molecule is CC1(CC2CCC(N)C2)CCCC1. The third-order valence-corrected chi connectivity index (χ3v) is 4.17. The van der Waals surface area contributed by atoms with Gasteiger partial charge in [0.15, 0.2) is 0 Å². The summed E-state index contributed by atoms with van der Waals surface area (Å²) < 4.78 is 0. The van der Waals surface area contributed by atoms with Crippen molar-refractivity contribution in [3.05, 3.63) is 0 Å². The quantitative estimate of drug-likeness (QED) is 0.696. The lowest BCUT2D eigenvalue weighted by molar-refractivity contribution is 0.247. The summed E-state index contributed by atoms with van der Waals surface area (Å²) in [5, 5.41) is 0. The van der Waals surface area contributed by atoms with Crippen LogP contribution in [0.4, 0.5) is 0 Å². The summed E-state index contributed by atoms with van der Waals surface area (Å²) in [6, 6.07) is 0.523. The predicted molar refractivity (Wildman–Crippen MR) is 56.5 cm³/mol. The third kappa shape index (κ3) is 2.25. The van der Waals surface area contributed by atoms with Crippen LogP contribution < -0.4 is 5.73 Å². The molecule has 2 aliphatic carbocycles. The van der Waals surface area contributed by atoms with Crippen LogP contribution in [-0.2, 0) is 0 Å². The molecule has 2 unspecified atom stereocenters. The monoisotopic (exact) mass is 181 g/mol. The van der Waals surface area contributed by atoms with Crippen molar-refractivity contribution in [3.8, 4) is 0 Å². The zero-order chi connectivity index (χ0) is 9.31. The van der Waals surface area contributed by atoms with Gasteiger partial charge >= 0.3 is 0 Å². The Kier molecular flexibility index (Phi) is 2.64. The average molecular weight is 181 g/mol. The fourth-order valence-corrected chi connectivity index (χ4v) is 3.43. The fraction of sp³-hybridized carbons (Fsp3) is 1.00. The molecule has 0 bridgehead atoms. The maximum absolute atomic E-state index is 5.94. The van der Waals surface area contributed by atoms with E-state index < -0.39 is 0 Å². The predicted octanol–water partition coefficient (Wildman–Crippen LogP) is 3.08. The molecule has 0 aromatic heterocycles. The molecular formula is C12H23N. The summed E-state index contributed by atoms with van der Waals surface area (Å²) in [5.74, 6) is 0.957. The molecule has 2 aliphatic rings. The Hall–Kier alpha value is -0.0400. The van der Waals surface area contributed by atoms with E-state index in [1.165, 1.54) is 51.4 Å². The van der Waals surface area contributed by atoms with Gasteiger partial charge < -0.3 is 5.73 Å². The van der Waals surface area contributed by atoms with Gasteiger partial charge in [0.25, 0.3) is 0 Å². The van der Waals surface area contributed by atoms with E-state index in [9.17, 15) is 0 Å². The summed E-state index contributed by atoms with van der Waals surface area (Å²) >= 11 is 0. The second-order valence-electron chi connectivity index (χ2n) is 5.66. The van der Waals surface area contributed by atoms with E-state index in [-0.39, 0.29) is 0 Å². The first-order chi connectivity index (χ1) is 6.18. The van der Waals surface area contributed by atoms with Gasteiger partial charge in [-0.3, -0.25) is 0 Å². The van der Waals surface area contributed by atoms with Gasteiger partial charge in [0.05, 0.1) is 0 Å². The Morgan fingerprint density at radius 1 is 1.23 bits per heavy atom. The van der Waals surface area contributed by atoms with Gasteiger partial charge in [-0.15, -0.1) is 0 Å². The second-order valence-corrected chi connectivity index (χ2v) is 5.66. The van der Waals surface area contributed by atoms with Crippen molar-refractivity contribution in [1.29, 1.82) is 0 Å². The van der Waals surface area contributed by atoms with Crippen LogP contribution in [0.15, 0.2) is 0 Å². The maximum atomic E-state index is 5.94. The van der Waals surface area contributed by atoms with Gasteiger partial charge in [0, 0.05) is 6.04 Å². The molecule has 0 amide bonds. The van der Waals surface area contributed by atoms with Crippen LogP contribution in [0.1, 0.15) is 58.3 Å². The molecular weight excluding hydrogens is 158 g/mol. The standard InChI is InChI=1S/C12H23N/c1-12(6-2-3-7-12)9-10-4-5-11(13)8-10/h10-11H,2-9,13H2,1H3. The highest BCUT2D eigenvalue weighted by atomic mass is 14.6. The van der Waals surface area contributed by atoms with Crippen LogP contribution in [-0.4, -0.2) is 6.04 Å². The molecule has 1 heteroatoms. The van der Waals surface area contributed by atoms with E-state index in [4.69, 9.17) is 5.73 Å². The van der Waals surface area contributed by atoms with Crippen molar-refractivity contribution in [2.45, 2.75) is 64.3 Å². The Morgan fingerprint density at radius 3 is 2.46 bits per heavy atom. The summed E-state index contributed by atoms with van der Waals surface area (Å²) in [6.07, 6.45) is 11.3. The highest BCUT2D eigenvalue weighted by Crippen LogP contribution is 2.45. The van der Waals surface area contributed by atoms with Gasteiger partial charge in [0.2, 0.25) is 0 Å². The first-order valence-electron chi connectivity index (χ1n) is 5.94. The zero-order valence-corrected chi connectivity index (χ0v) is 8.89. The molecule has 2 fully saturated rings. The van der Waals surface area contributed by atoms with E-state index in [0.29, 0.717) is 11.5 Å². The Labute approximate surface area is 82.1 Å². The van der Waals surface area contributed by atoms with E-state index in [2.05, 4.69) is 6.92 Å². The summed E-state index contributed by atoms with van der Waals surface area (Å²) in [5.41, 5.74) is 6.63. The first-order valence-corrected chi connectivity index (χ1v) is 5.94. The molecule has 13 heavy (non-hydrogen) atoms. The lowest BCUT2D eigenvalue weighted by atomic mass is 9.79. The van der Waals surface area contributed by atoms with Crippen LogP contribution in [0.3, 0.4) is 0 Å². The van der Waals surface area contributed by atoms with Gasteiger partial charge in [-0.25, -0.2) is 0 Å². The van der Waals surface area contributed by atoms with E-state index in [0.717, 1.165) is 5.92 Å². The Balaban J connectivity index is 1.83. The number of rotatable bonds is 2. The minimum Gasteiger partial charge on any atom is -0.328 e. The minimum absolute atomic E-state index is 0.523. The van der Waals surface area contributed by atoms with Crippen LogP contribution >= 0.6 is 0 Å². The van der Waals surface area contributed by atoms with E-state index >= 15 is 0 Å². The lowest BCUT2D eigenvalue weighted by Crippen LogP contribution is -2.18.